The van der Waals surface area contributed by atoms with Gasteiger partial charge >= 0.3 is 0 Å². The summed E-state index contributed by atoms with van der Waals surface area (Å²) in [6.07, 6.45) is 1.43. The fourth-order valence-electron chi connectivity index (χ4n) is 0.812. The SMILES string of the molecule is O=C1NCOc2nc[nH]c21.[HH].[HH]. The van der Waals surface area contributed by atoms with E-state index in [1.807, 2.05) is 0 Å². The molecule has 0 saturated carbocycles. The normalized spacial score (nSPS) is 15.4. The Morgan fingerprint density at radius 3 is 3.50 bits per heavy atom. The number of fused-ring (bicyclic) bond motifs is 1. The maximum atomic E-state index is 10.9. The van der Waals surface area contributed by atoms with Crippen LogP contribution in [0.4, 0.5) is 0 Å². The molecule has 0 unspecified atom stereocenters. The Balaban J connectivity index is 0.000000605. The lowest BCUT2D eigenvalue weighted by Gasteiger charge is -2.11. The van der Waals surface area contributed by atoms with Gasteiger partial charge in [-0.1, -0.05) is 0 Å². The fraction of sp³-hybridized carbons (Fsp3) is 0.200. The van der Waals surface area contributed by atoms with Crippen molar-refractivity contribution in [3.8, 4) is 5.88 Å². The highest BCUT2D eigenvalue weighted by Crippen LogP contribution is 2.14. The molecule has 0 bridgehead atoms. The van der Waals surface area contributed by atoms with E-state index in [0.717, 1.165) is 0 Å². The number of H-pyrrole nitrogens is 1. The molecule has 0 atom stereocenters. The number of hydrogen-bond donors (Lipinski definition) is 2. The molecular weight excluding hydrogens is 134 g/mol. The first-order valence-electron chi connectivity index (χ1n) is 2.82. The third-order valence-corrected chi connectivity index (χ3v) is 1.27. The minimum absolute atomic E-state index is 0. The van der Waals surface area contributed by atoms with E-state index in [1.54, 1.807) is 0 Å². The van der Waals surface area contributed by atoms with Crippen LogP contribution in [0.1, 0.15) is 13.3 Å². The highest BCUT2D eigenvalue weighted by atomic mass is 16.5. The Bertz CT molecular complexity index is 275. The molecule has 5 heteroatoms. The summed E-state index contributed by atoms with van der Waals surface area (Å²) >= 11 is 0. The number of rotatable bonds is 0. The average molecular weight is 143 g/mol. The second-order valence-electron chi connectivity index (χ2n) is 1.88. The van der Waals surface area contributed by atoms with Gasteiger partial charge in [0.2, 0.25) is 5.88 Å². The van der Waals surface area contributed by atoms with Crippen LogP contribution in [0.15, 0.2) is 6.33 Å². The van der Waals surface area contributed by atoms with Crippen LogP contribution < -0.4 is 10.1 Å². The fourth-order valence-corrected chi connectivity index (χ4v) is 0.812. The first-order chi connectivity index (χ1) is 4.88. The molecule has 2 heterocycles. The van der Waals surface area contributed by atoms with Gasteiger partial charge < -0.3 is 15.0 Å². The van der Waals surface area contributed by atoms with E-state index in [-0.39, 0.29) is 15.5 Å². The zero-order valence-corrected chi connectivity index (χ0v) is 5.05. The first kappa shape index (κ1) is 5.28. The van der Waals surface area contributed by atoms with E-state index < -0.39 is 0 Å². The number of carbonyl (C=O) groups is 1. The summed E-state index contributed by atoms with van der Waals surface area (Å²) in [5.74, 6) is 0.211. The molecule has 10 heavy (non-hydrogen) atoms. The summed E-state index contributed by atoms with van der Waals surface area (Å²) in [4.78, 5) is 17.3. The van der Waals surface area contributed by atoms with E-state index in [2.05, 4.69) is 15.3 Å². The lowest BCUT2D eigenvalue weighted by Crippen LogP contribution is -2.32. The maximum absolute atomic E-state index is 10.9. The van der Waals surface area contributed by atoms with Crippen molar-refractivity contribution in [2.75, 3.05) is 6.73 Å². The Kier molecular flexibility index (Phi) is 0.913. The van der Waals surface area contributed by atoms with Crippen molar-refractivity contribution in [3.05, 3.63) is 12.0 Å². The van der Waals surface area contributed by atoms with Crippen LogP contribution in [0.2, 0.25) is 0 Å². The van der Waals surface area contributed by atoms with Gasteiger partial charge in [0.15, 0.2) is 12.4 Å². The molecule has 2 N–H and O–H groups in total. The number of ether oxygens (including phenoxy) is 1. The van der Waals surface area contributed by atoms with Crippen molar-refractivity contribution >= 4 is 5.91 Å². The molecule has 0 saturated heterocycles. The lowest BCUT2D eigenvalue weighted by molar-refractivity contribution is 0.0875. The third kappa shape index (κ3) is 0.570. The number of aromatic amines is 1. The largest absolute Gasteiger partial charge is 0.455 e. The van der Waals surface area contributed by atoms with Crippen molar-refractivity contribution in [1.82, 2.24) is 15.3 Å². The first-order valence-corrected chi connectivity index (χ1v) is 2.82. The van der Waals surface area contributed by atoms with Gasteiger partial charge in [-0.15, -0.1) is 0 Å². The number of aromatic nitrogens is 2. The zero-order chi connectivity index (χ0) is 6.97. The Labute approximate surface area is 59.4 Å². The second-order valence-corrected chi connectivity index (χ2v) is 1.88. The number of carbonyl (C=O) groups excluding carboxylic acids is 1. The zero-order valence-electron chi connectivity index (χ0n) is 5.05. The van der Waals surface area contributed by atoms with E-state index in [1.165, 1.54) is 6.33 Å². The molecule has 0 fully saturated rings. The van der Waals surface area contributed by atoms with Crippen LogP contribution in [-0.4, -0.2) is 22.6 Å². The van der Waals surface area contributed by atoms with Crippen molar-refractivity contribution in [2.45, 2.75) is 0 Å². The minimum Gasteiger partial charge on any atom is -0.455 e. The van der Waals surface area contributed by atoms with Gasteiger partial charge in [-0.2, -0.15) is 0 Å². The highest BCUT2D eigenvalue weighted by molar-refractivity contribution is 5.95. The maximum Gasteiger partial charge on any atom is 0.275 e. The van der Waals surface area contributed by atoms with Crippen LogP contribution in [0.5, 0.6) is 5.88 Å². The lowest BCUT2D eigenvalue weighted by atomic mass is 10.4. The summed E-state index contributed by atoms with van der Waals surface area (Å²) in [6.45, 7) is 0.205. The number of nitrogens with zero attached hydrogens (tertiary/aromatic N) is 1. The summed E-state index contributed by atoms with van der Waals surface area (Å²) in [6, 6.07) is 0. The predicted octanol–water partition coefficient (Wildman–Crippen LogP) is -0.0186. The van der Waals surface area contributed by atoms with E-state index in [0.29, 0.717) is 11.6 Å². The third-order valence-electron chi connectivity index (χ3n) is 1.27. The molecule has 0 aliphatic carbocycles. The summed E-state index contributed by atoms with van der Waals surface area (Å²) in [5.41, 5.74) is 0.395. The molecule has 1 aliphatic heterocycles. The number of hydrogen-bond acceptors (Lipinski definition) is 3. The van der Waals surface area contributed by atoms with E-state index >= 15 is 0 Å². The molecule has 5 nitrogen and oxygen atoms in total. The van der Waals surface area contributed by atoms with Gasteiger partial charge in [0.05, 0.1) is 6.33 Å². The van der Waals surface area contributed by atoms with Gasteiger partial charge in [-0.3, -0.25) is 4.79 Å². The van der Waals surface area contributed by atoms with Gasteiger partial charge in [-0.25, -0.2) is 4.98 Å². The summed E-state index contributed by atoms with van der Waals surface area (Å²) in [5, 5.41) is 2.49. The average Bonchev–Trinajstić information content (AvgIpc) is 2.36. The Hall–Kier alpha value is -1.52. The number of imidazole rings is 1. The quantitative estimate of drug-likeness (QED) is 0.536. The standard InChI is InChI=1S/C5H5N3O2.2H2/c9-4-3-5(7-1-6-3)10-2-8-4;;/h1H,2H2,(H,6,7)(H,8,9);2*1H. The molecule has 0 radical (unpaired) electrons. The van der Waals surface area contributed by atoms with Crippen molar-refractivity contribution in [1.29, 1.82) is 0 Å². The van der Waals surface area contributed by atoms with E-state index in [4.69, 9.17) is 4.74 Å². The topological polar surface area (TPSA) is 67.0 Å². The summed E-state index contributed by atoms with van der Waals surface area (Å²) in [7, 11) is 0. The molecule has 1 amide bonds. The van der Waals surface area contributed by atoms with E-state index in [9.17, 15) is 4.79 Å². The Morgan fingerprint density at radius 1 is 1.80 bits per heavy atom. The van der Waals surface area contributed by atoms with Gasteiger partial charge in [-0.05, 0) is 0 Å². The van der Waals surface area contributed by atoms with Gasteiger partial charge in [0.1, 0.15) is 0 Å². The molecule has 2 rings (SSSR count). The predicted molar refractivity (Wildman–Crippen MR) is 35.8 cm³/mol. The molecule has 1 aliphatic rings. The smallest absolute Gasteiger partial charge is 0.275 e. The molecule has 56 valence electrons. The van der Waals surface area contributed by atoms with Crippen LogP contribution in [0.3, 0.4) is 0 Å². The van der Waals surface area contributed by atoms with Crippen LogP contribution in [0.25, 0.3) is 0 Å². The molecular formula is C5H9N3O2. The van der Waals surface area contributed by atoms with Gasteiger partial charge in [0.25, 0.3) is 5.91 Å². The second kappa shape index (κ2) is 1.73. The number of amides is 1. The highest BCUT2D eigenvalue weighted by Gasteiger charge is 2.19. The minimum atomic E-state index is -0.168. The van der Waals surface area contributed by atoms with Crippen LogP contribution in [-0.2, 0) is 0 Å². The molecule has 1 aromatic rings. The van der Waals surface area contributed by atoms with Crippen LogP contribution >= 0.6 is 0 Å². The Morgan fingerprint density at radius 2 is 2.70 bits per heavy atom. The monoisotopic (exact) mass is 143 g/mol. The molecule has 0 spiro atoms. The van der Waals surface area contributed by atoms with Gasteiger partial charge in [0, 0.05) is 2.85 Å². The van der Waals surface area contributed by atoms with Crippen LogP contribution in [0, 0.1) is 0 Å². The summed E-state index contributed by atoms with van der Waals surface area (Å²) < 4.78 is 4.96. The van der Waals surface area contributed by atoms with Crippen molar-refractivity contribution in [3.63, 3.8) is 0 Å². The molecule has 0 aromatic carbocycles. The number of nitrogens with one attached hydrogen (secondary N) is 2. The van der Waals surface area contributed by atoms with Crippen molar-refractivity contribution in [2.24, 2.45) is 0 Å². The molecule has 1 aromatic heterocycles. The van der Waals surface area contributed by atoms with Crippen molar-refractivity contribution < 1.29 is 12.4 Å².